The Morgan fingerprint density at radius 2 is 1.96 bits per heavy atom. The number of rotatable bonds is 5. The molecule has 4 rings (SSSR count). The average Bonchev–Trinajstić information content (AvgIpc) is 3.30. The molecule has 2 heterocycles. The smallest absolute Gasteiger partial charge is 0.128 e. The standard InChI is InChI=1S/C20H15Cl3N2OS/c1-26-20(10-18-24-7-8-25-18,14-6-5-12(21)9-17(14)23)15-11-27-19-13(15)3-2-4-16(19)22/h2-9,11H,10H2,1H3,(H,24,25). The SMILES string of the molecule is COC(Cc1ncc[nH]1)(c1ccc(Cl)cc1Cl)c1csc2c(Cl)cccc12. The van der Waals surface area contributed by atoms with Crippen molar-refractivity contribution in [1.82, 2.24) is 9.97 Å². The van der Waals surface area contributed by atoms with Gasteiger partial charge in [0.2, 0.25) is 0 Å². The first-order valence-corrected chi connectivity index (χ1v) is 10.2. The number of methoxy groups -OCH3 is 1. The van der Waals surface area contributed by atoms with E-state index in [2.05, 4.69) is 15.3 Å². The number of benzene rings is 2. The van der Waals surface area contributed by atoms with Crippen LogP contribution in [0.5, 0.6) is 0 Å². The van der Waals surface area contributed by atoms with Crippen LogP contribution in [-0.4, -0.2) is 17.1 Å². The van der Waals surface area contributed by atoms with Crippen molar-refractivity contribution in [3.63, 3.8) is 0 Å². The van der Waals surface area contributed by atoms with Gasteiger partial charge in [0.25, 0.3) is 0 Å². The minimum atomic E-state index is -0.845. The summed E-state index contributed by atoms with van der Waals surface area (Å²) in [5, 5.41) is 4.94. The maximum absolute atomic E-state index is 6.61. The molecule has 1 N–H and O–H groups in total. The first-order chi connectivity index (χ1) is 13.0. The Bertz CT molecular complexity index is 1090. The molecule has 0 aliphatic carbocycles. The van der Waals surface area contributed by atoms with Crippen molar-refractivity contribution in [2.24, 2.45) is 0 Å². The van der Waals surface area contributed by atoms with Crippen LogP contribution in [-0.2, 0) is 16.8 Å². The van der Waals surface area contributed by atoms with Gasteiger partial charge in [-0.25, -0.2) is 4.98 Å². The Kier molecular flexibility index (Phi) is 5.19. The summed E-state index contributed by atoms with van der Waals surface area (Å²) in [6.07, 6.45) is 4.00. The molecule has 0 saturated heterocycles. The molecule has 0 fully saturated rings. The molecule has 2 aromatic carbocycles. The number of nitrogens with one attached hydrogen (secondary N) is 1. The zero-order valence-electron chi connectivity index (χ0n) is 14.3. The van der Waals surface area contributed by atoms with Crippen LogP contribution >= 0.6 is 46.1 Å². The number of ether oxygens (including phenoxy) is 1. The lowest BCUT2D eigenvalue weighted by molar-refractivity contribution is 0.0223. The second-order valence-electron chi connectivity index (χ2n) is 6.13. The highest BCUT2D eigenvalue weighted by Gasteiger charge is 2.39. The van der Waals surface area contributed by atoms with Crippen LogP contribution in [0.2, 0.25) is 15.1 Å². The van der Waals surface area contributed by atoms with Gasteiger partial charge in [-0.15, -0.1) is 11.3 Å². The van der Waals surface area contributed by atoms with E-state index >= 15 is 0 Å². The Morgan fingerprint density at radius 3 is 2.67 bits per heavy atom. The number of fused-ring (bicyclic) bond motifs is 1. The maximum Gasteiger partial charge on any atom is 0.128 e. The van der Waals surface area contributed by atoms with Gasteiger partial charge in [0.1, 0.15) is 11.4 Å². The van der Waals surface area contributed by atoms with Gasteiger partial charge >= 0.3 is 0 Å². The molecular formula is C20H15Cl3N2OS. The molecule has 4 aromatic rings. The van der Waals surface area contributed by atoms with E-state index in [1.807, 2.05) is 30.3 Å². The van der Waals surface area contributed by atoms with Crippen LogP contribution in [0.25, 0.3) is 10.1 Å². The van der Waals surface area contributed by atoms with E-state index in [9.17, 15) is 0 Å². The summed E-state index contributed by atoms with van der Waals surface area (Å²) in [5.74, 6) is 0.796. The molecule has 27 heavy (non-hydrogen) atoms. The summed E-state index contributed by atoms with van der Waals surface area (Å²) in [4.78, 5) is 7.57. The van der Waals surface area contributed by atoms with Gasteiger partial charge in [-0.1, -0.05) is 53.0 Å². The molecule has 0 saturated carbocycles. The fraction of sp³-hybridized carbons (Fsp3) is 0.150. The third kappa shape index (κ3) is 3.26. The molecule has 1 atom stereocenters. The van der Waals surface area contributed by atoms with E-state index in [4.69, 9.17) is 39.5 Å². The molecule has 2 aromatic heterocycles. The van der Waals surface area contributed by atoms with Crippen LogP contribution < -0.4 is 0 Å². The normalized spacial score (nSPS) is 13.8. The molecule has 0 radical (unpaired) electrons. The minimum Gasteiger partial charge on any atom is -0.368 e. The largest absolute Gasteiger partial charge is 0.368 e. The number of aromatic amines is 1. The van der Waals surface area contributed by atoms with E-state index in [0.29, 0.717) is 21.5 Å². The predicted octanol–water partition coefficient (Wildman–Crippen LogP) is 6.72. The summed E-state index contributed by atoms with van der Waals surface area (Å²) in [7, 11) is 1.68. The van der Waals surface area contributed by atoms with Crippen molar-refractivity contribution < 1.29 is 4.74 Å². The molecule has 0 aliphatic heterocycles. The lowest BCUT2D eigenvalue weighted by atomic mass is 9.82. The van der Waals surface area contributed by atoms with Gasteiger partial charge in [0.05, 0.1) is 9.72 Å². The van der Waals surface area contributed by atoms with Crippen molar-refractivity contribution in [3.05, 3.63) is 86.2 Å². The molecule has 0 spiro atoms. The highest BCUT2D eigenvalue weighted by Crippen LogP contribution is 2.46. The zero-order valence-corrected chi connectivity index (χ0v) is 17.4. The number of imidazole rings is 1. The molecule has 3 nitrogen and oxygen atoms in total. The molecule has 1 unspecified atom stereocenters. The summed E-state index contributed by atoms with van der Waals surface area (Å²) < 4.78 is 7.20. The predicted molar refractivity (Wildman–Crippen MR) is 113 cm³/mol. The van der Waals surface area contributed by atoms with Gasteiger partial charge in [-0.2, -0.15) is 0 Å². The van der Waals surface area contributed by atoms with Crippen molar-refractivity contribution in [3.8, 4) is 0 Å². The number of H-pyrrole nitrogens is 1. The number of halogens is 3. The second-order valence-corrected chi connectivity index (χ2v) is 8.26. The quantitative estimate of drug-likeness (QED) is 0.376. The van der Waals surface area contributed by atoms with Gasteiger partial charge in [0, 0.05) is 52.5 Å². The highest BCUT2D eigenvalue weighted by atomic mass is 35.5. The van der Waals surface area contributed by atoms with Gasteiger partial charge in [-0.05, 0) is 23.6 Å². The van der Waals surface area contributed by atoms with Crippen molar-refractivity contribution in [1.29, 1.82) is 0 Å². The number of hydrogen-bond acceptors (Lipinski definition) is 3. The Morgan fingerprint density at radius 1 is 1.11 bits per heavy atom. The minimum absolute atomic E-state index is 0.482. The second kappa shape index (κ2) is 7.46. The summed E-state index contributed by atoms with van der Waals surface area (Å²) >= 11 is 20.7. The van der Waals surface area contributed by atoms with E-state index in [0.717, 1.165) is 27.0 Å². The third-order valence-corrected chi connectivity index (χ3v) is 6.68. The first-order valence-electron chi connectivity index (χ1n) is 8.20. The van der Waals surface area contributed by atoms with Crippen molar-refractivity contribution in [2.45, 2.75) is 12.0 Å². The van der Waals surface area contributed by atoms with Crippen LogP contribution in [0.4, 0.5) is 0 Å². The fourth-order valence-corrected chi connectivity index (χ4v) is 5.32. The van der Waals surface area contributed by atoms with E-state index < -0.39 is 5.60 Å². The topological polar surface area (TPSA) is 37.9 Å². The average molecular weight is 438 g/mol. The molecule has 0 amide bonds. The Balaban J connectivity index is 2.01. The third-order valence-electron chi connectivity index (χ3n) is 4.67. The first kappa shape index (κ1) is 18.8. The Hall–Kier alpha value is -1.56. The zero-order chi connectivity index (χ0) is 19.0. The Labute approximate surface area is 175 Å². The van der Waals surface area contributed by atoms with Crippen LogP contribution in [0.3, 0.4) is 0 Å². The molecule has 7 heteroatoms. The number of nitrogens with zero attached hydrogens (tertiary/aromatic N) is 1. The van der Waals surface area contributed by atoms with E-state index in [-0.39, 0.29) is 0 Å². The summed E-state index contributed by atoms with van der Waals surface area (Å²) in [6, 6.07) is 11.3. The lowest BCUT2D eigenvalue weighted by Gasteiger charge is -2.33. The van der Waals surface area contributed by atoms with Gasteiger partial charge in [0.15, 0.2) is 0 Å². The fourth-order valence-electron chi connectivity index (χ4n) is 3.41. The number of hydrogen-bond donors (Lipinski definition) is 1. The molecule has 0 aliphatic rings. The van der Waals surface area contributed by atoms with Crippen LogP contribution in [0, 0.1) is 0 Å². The summed E-state index contributed by atoms with van der Waals surface area (Å²) in [6.45, 7) is 0. The van der Waals surface area contributed by atoms with Crippen molar-refractivity contribution in [2.75, 3.05) is 7.11 Å². The molecule has 138 valence electrons. The highest BCUT2D eigenvalue weighted by molar-refractivity contribution is 7.18. The maximum atomic E-state index is 6.61. The molecule has 0 bridgehead atoms. The van der Waals surface area contributed by atoms with E-state index in [1.54, 1.807) is 36.9 Å². The molecular weight excluding hydrogens is 423 g/mol. The monoisotopic (exact) mass is 436 g/mol. The van der Waals surface area contributed by atoms with Crippen LogP contribution in [0.15, 0.2) is 54.2 Å². The summed E-state index contributed by atoms with van der Waals surface area (Å²) in [5.41, 5.74) is 0.975. The lowest BCUT2D eigenvalue weighted by Crippen LogP contribution is -2.33. The van der Waals surface area contributed by atoms with E-state index in [1.165, 1.54) is 0 Å². The number of thiophene rings is 1. The van der Waals surface area contributed by atoms with Crippen molar-refractivity contribution >= 4 is 56.2 Å². The van der Waals surface area contributed by atoms with Gasteiger partial charge < -0.3 is 9.72 Å². The van der Waals surface area contributed by atoms with Crippen LogP contribution in [0.1, 0.15) is 17.0 Å². The number of aromatic nitrogens is 2. The van der Waals surface area contributed by atoms with Gasteiger partial charge in [-0.3, -0.25) is 0 Å².